The average Bonchev–Trinajstić information content (AvgIpc) is 2.80. The number of aliphatic hydroxyl groups excluding tert-OH is 1. The molecule has 0 atom stereocenters. The maximum Gasteiger partial charge on any atom is 0.236 e. The van der Waals surface area contributed by atoms with Gasteiger partial charge in [-0.05, 0) is 26.0 Å². The highest BCUT2D eigenvalue weighted by Crippen LogP contribution is 2.05. The van der Waals surface area contributed by atoms with Crippen molar-refractivity contribution < 1.29 is 14.3 Å². The minimum Gasteiger partial charge on any atom is -0.467 e. The van der Waals surface area contributed by atoms with Crippen LogP contribution < -0.4 is 0 Å². The molecule has 0 fully saturated rings. The van der Waals surface area contributed by atoms with Crippen LogP contribution in [-0.4, -0.2) is 53.6 Å². The maximum atomic E-state index is 12.0. The van der Waals surface area contributed by atoms with Crippen molar-refractivity contribution in [3.05, 3.63) is 24.2 Å². The van der Waals surface area contributed by atoms with Gasteiger partial charge < -0.3 is 14.4 Å². The van der Waals surface area contributed by atoms with E-state index in [9.17, 15) is 4.79 Å². The van der Waals surface area contributed by atoms with Gasteiger partial charge in [0, 0.05) is 19.6 Å². The fraction of sp³-hybridized carbons (Fsp3) is 0.615. The van der Waals surface area contributed by atoms with Gasteiger partial charge in [-0.2, -0.15) is 0 Å². The van der Waals surface area contributed by atoms with Crippen molar-refractivity contribution in [2.45, 2.75) is 26.4 Å². The second-order valence-corrected chi connectivity index (χ2v) is 4.62. The molecule has 102 valence electrons. The standard InChI is InChI=1S/C13H22N2O3/c1-11(2)15(6-7-16)10-13(17)14(3)9-12-5-4-8-18-12/h4-5,8,11,16H,6-7,9-10H2,1-3H3. The first kappa shape index (κ1) is 14.7. The molecule has 0 spiro atoms. The van der Waals surface area contributed by atoms with Crippen LogP contribution in [-0.2, 0) is 11.3 Å². The number of carbonyl (C=O) groups is 1. The molecule has 5 nitrogen and oxygen atoms in total. The Morgan fingerprint density at radius 3 is 2.72 bits per heavy atom. The minimum absolute atomic E-state index is 0.0218. The second-order valence-electron chi connectivity index (χ2n) is 4.62. The molecule has 0 aliphatic carbocycles. The van der Waals surface area contributed by atoms with E-state index in [-0.39, 0.29) is 18.6 Å². The highest BCUT2D eigenvalue weighted by Gasteiger charge is 2.17. The molecule has 0 bridgehead atoms. The van der Waals surface area contributed by atoms with E-state index in [0.29, 0.717) is 19.6 Å². The van der Waals surface area contributed by atoms with E-state index < -0.39 is 0 Å². The number of amides is 1. The summed E-state index contributed by atoms with van der Waals surface area (Å²) in [7, 11) is 1.75. The van der Waals surface area contributed by atoms with Gasteiger partial charge in [0.05, 0.1) is 26.0 Å². The Hall–Kier alpha value is -1.33. The van der Waals surface area contributed by atoms with Gasteiger partial charge in [-0.25, -0.2) is 0 Å². The van der Waals surface area contributed by atoms with Crippen LogP contribution in [0.3, 0.4) is 0 Å². The SMILES string of the molecule is CC(C)N(CCO)CC(=O)N(C)Cc1ccco1. The third kappa shape index (κ3) is 4.50. The first-order valence-electron chi connectivity index (χ1n) is 6.16. The lowest BCUT2D eigenvalue weighted by Crippen LogP contribution is -2.42. The van der Waals surface area contributed by atoms with Crippen molar-refractivity contribution in [3.63, 3.8) is 0 Å². The Morgan fingerprint density at radius 1 is 1.50 bits per heavy atom. The Kier molecular flexibility index (Phi) is 5.88. The summed E-state index contributed by atoms with van der Waals surface area (Å²) in [6, 6.07) is 3.88. The zero-order chi connectivity index (χ0) is 13.5. The molecule has 0 saturated carbocycles. The fourth-order valence-corrected chi connectivity index (χ4v) is 1.67. The third-order valence-corrected chi connectivity index (χ3v) is 2.85. The molecule has 0 aromatic carbocycles. The summed E-state index contributed by atoms with van der Waals surface area (Å²) in [5, 5.41) is 8.96. The van der Waals surface area contributed by atoms with Crippen LogP contribution in [0.5, 0.6) is 0 Å². The first-order chi connectivity index (χ1) is 8.54. The zero-order valence-corrected chi connectivity index (χ0v) is 11.3. The van der Waals surface area contributed by atoms with E-state index >= 15 is 0 Å². The summed E-state index contributed by atoms with van der Waals surface area (Å²) in [5.41, 5.74) is 0. The lowest BCUT2D eigenvalue weighted by molar-refractivity contribution is -0.132. The third-order valence-electron chi connectivity index (χ3n) is 2.85. The molecule has 1 rings (SSSR count). The predicted octanol–water partition coefficient (Wildman–Crippen LogP) is 0.941. The number of aliphatic hydroxyl groups is 1. The number of hydrogen-bond acceptors (Lipinski definition) is 4. The number of carbonyl (C=O) groups excluding carboxylic acids is 1. The highest BCUT2D eigenvalue weighted by molar-refractivity contribution is 5.77. The summed E-state index contributed by atoms with van der Waals surface area (Å²) in [6.07, 6.45) is 1.60. The molecular formula is C13H22N2O3. The number of furan rings is 1. The molecule has 1 aromatic rings. The van der Waals surface area contributed by atoms with Gasteiger partial charge in [-0.3, -0.25) is 9.69 Å². The van der Waals surface area contributed by atoms with E-state index in [4.69, 9.17) is 9.52 Å². The zero-order valence-electron chi connectivity index (χ0n) is 11.3. The van der Waals surface area contributed by atoms with Crippen molar-refractivity contribution in [1.29, 1.82) is 0 Å². The van der Waals surface area contributed by atoms with Gasteiger partial charge in [0.1, 0.15) is 5.76 Å². The van der Waals surface area contributed by atoms with E-state index in [1.165, 1.54) is 0 Å². The Balaban J connectivity index is 2.47. The lowest BCUT2D eigenvalue weighted by atomic mass is 10.3. The van der Waals surface area contributed by atoms with Crippen LogP contribution in [0.1, 0.15) is 19.6 Å². The van der Waals surface area contributed by atoms with E-state index in [2.05, 4.69) is 0 Å². The molecule has 1 amide bonds. The summed E-state index contributed by atoms with van der Waals surface area (Å²) < 4.78 is 5.21. The highest BCUT2D eigenvalue weighted by atomic mass is 16.3. The normalized spacial score (nSPS) is 11.2. The minimum atomic E-state index is 0.0218. The quantitative estimate of drug-likeness (QED) is 0.787. The average molecular weight is 254 g/mol. The van der Waals surface area contributed by atoms with Crippen LogP contribution in [0.2, 0.25) is 0 Å². The van der Waals surface area contributed by atoms with Gasteiger partial charge in [0.15, 0.2) is 0 Å². The van der Waals surface area contributed by atoms with Gasteiger partial charge >= 0.3 is 0 Å². The lowest BCUT2D eigenvalue weighted by Gasteiger charge is -2.27. The van der Waals surface area contributed by atoms with Crippen LogP contribution in [0.15, 0.2) is 22.8 Å². The number of likely N-dealkylation sites (N-methyl/N-ethyl adjacent to an activating group) is 1. The van der Waals surface area contributed by atoms with E-state index in [0.717, 1.165) is 5.76 Å². The largest absolute Gasteiger partial charge is 0.467 e. The molecule has 0 unspecified atom stereocenters. The molecule has 0 aliphatic heterocycles. The summed E-state index contributed by atoms with van der Waals surface area (Å²) in [6.45, 7) is 5.38. The second kappa shape index (κ2) is 7.18. The van der Waals surface area contributed by atoms with E-state index in [1.54, 1.807) is 24.3 Å². The Labute approximate surface area is 108 Å². The van der Waals surface area contributed by atoms with Crippen molar-refractivity contribution in [2.24, 2.45) is 0 Å². The molecule has 18 heavy (non-hydrogen) atoms. The van der Waals surface area contributed by atoms with Crippen LogP contribution in [0, 0.1) is 0 Å². The van der Waals surface area contributed by atoms with Crippen LogP contribution in [0.25, 0.3) is 0 Å². The number of rotatable bonds is 7. The first-order valence-corrected chi connectivity index (χ1v) is 6.16. The monoisotopic (exact) mass is 254 g/mol. The van der Waals surface area contributed by atoms with E-state index in [1.807, 2.05) is 24.8 Å². The van der Waals surface area contributed by atoms with Crippen molar-refractivity contribution >= 4 is 5.91 Å². The molecular weight excluding hydrogens is 232 g/mol. The topological polar surface area (TPSA) is 56.9 Å². The maximum absolute atomic E-state index is 12.0. The van der Waals surface area contributed by atoms with Gasteiger partial charge in [0.2, 0.25) is 5.91 Å². The molecule has 1 N–H and O–H groups in total. The van der Waals surface area contributed by atoms with Gasteiger partial charge in [-0.15, -0.1) is 0 Å². The van der Waals surface area contributed by atoms with Gasteiger partial charge in [0.25, 0.3) is 0 Å². The fourth-order valence-electron chi connectivity index (χ4n) is 1.67. The summed E-state index contributed by atoms with van der Waals surface area (Å²) in [5.74, 6) is 0.789. The van der Waals surface area contributed by atoms with Crippen LogP contribution >= 0.6 is 0 Å². The number of hydrogen-bond donors (Lipinski definition) is 1. The van der Waals surface area contributed by atoms with Crippen molar-refractivity contribution in [2.75, 3.05) is 26.7 Å². The van der Waals surface area contributed by atoms with Gasteiger partial charge in [-0.1, -0.05) is 0 Å². The molecule has 0 saturated heterocycles. The Morgan fingerprint density at radius 2 is 2.22 bits per heavy atom. The molecule has 1 heterocycles. The summed E-state index contributed by atoms with van der Waals surface area (Å²) in [4.78, 5) is 15.6. The summed E-state index contributed by atoms with van der Waals surface area (Å²) >= 11 is 0. The Bertz CT molecular complexity index is 349. The molecule has 1 aromatic heterocycles. The molecule has 5 heteroatoms. The predicted molar refractivity (Wildman–Crippen MR) is 69.0 cm³/mol. The smallest absolute Gasteiger partial charge is 0.236 e. The molecule has 0 aliphatic rings. The van der Waals surface area contributed by atoms with Crippen molar-refractivity contribution in [3.8, 4) is 0 Å². The molecule has 0 radical (unpaired) electrons. The van der Waals surface area contributed by atoms with Crippen LogP contribution in [0.4, 0.5) is 0 Å². The van der Waals surface area contributed by atoms with Crippen molar-refractivity contribution in [1.82, 2.24) is 9.80 Å². The number of nitrogens with zero attached hydrogens (tertiary/aromatic N) is 2.